The Balaban J connectivity index is 2.13. The third kappa shape index (κ3) is 2.70. The zero-order valence-electron chi connectivity index (χ0n) is 8.67. The lowest BCUT2D eigenvalue weighted by atomic mass is 10.2. The van der Waals surface area contributed by atoms with Crippen LogP contribution in [0.1, 0.15) is 0 Å². The molecule has 2 aromatic heterocycles. The van der Waals surface area contributed by atoms with Gasteiger partial charge in [-0.3, -0.25) is 4.98 Å². The molecule has 0 bridgehead atoms. The van der Waals surface area contributed by atoms with Gasteiger partial charge in [0, 0.05) is 18.5 Å². The summed E-state index contributed by atoms with van der Waals surface area (Å²) in [5.41, 5.74) is 1.60. The molecule has 5 heteroatoms. The van der Waals surface area contributed by atoms with Crippen molar-refractivity contribution in [3.05, 3.63) is 36.5 Å². The van der Waals surface area contributed by atoms with E-state index in [0.29, 0.717) is 0 Å². The van der Waals surface area contributed by atoms with Gasteiger partial charge in [-0.2, -0.15) is 12.6 Å². The van der Waals surface area contributed by atoms with E-state index < -0.39 is 0 Å². The average molecular weight is 232 g/mol. The lowest BCUT2D eigenvalue weighted by Gasteiger charge is -2.03. The molecule has 4 nitrogen and oxygen atoms in total. The van der Waals surface area contributed by atoms with E-state index in [9.17, 15) is 0 Å². The Labute approximate surface area is 99.6 Å². The Bertz CT molecular complexity index is 429. The van der Waals surface area contributed by atoms with E-state index in [2.05, 4.69) is 33.1 Å². The standard InChI is InChI=1S/C11H12N4S/c16-8-7-13-11-5-4-10(14-15-11)9-3-1-2-6-12-9/h1-6,16H,7-8H2,(H,13,15). The molecular weight excluding hydrogens is 220 g/mol. The zero-order valence-corrected chi connectivity index (χ0v) is 9.56. The normalized spacial score (nSPS) is 10.1. The van der Waals surface area contributed by atoms with Crippen LogP contribution in [0.15, 0.2) is 36.5 Å². The lowest BCUT2D eigenvalue weighted by Crippen LogP contribution is -2.05. The van der Waals surface area contributed by atoms with Gasteiger partial charge in [-0.1, -0.05) is 6.07 Å². The molecule has 0 aromatic carbocycles. The first kappa shape index (κ1) is 10.9. The summed E-state index contributed by atoms with van der Waals surface area (Å²) in [6, 6.07) is 9.50. The average Bonchev–Trinajstić information content (AvgIpc) is 2.38. The molecule has 0 unspecified atom stereocenters. The molecule has 2 aromatic rings. The molecule has 0 aliphatic rings. The SMILES string of the molecule is SCCNc1ccc(-c2ccccn2)nn1. The molecular formula is C11H12N4S. The summed E-state index contributed by atoms with van der Waals surface area (Å²) in [7, 11) is 0. The summed E-state index contributed by atoms with van der Waals surface area (Å²) in [6.45, 7) is 0.778. The minimum absolute atomic E-state index is 0.758. The van der Waals surface area contributed by atoms with Crippen LogP contribution in [0.2, 0.25) is 0 Å². The van der Waals surface area contributed by atoms with Crippen LogP contribution in [0.3, 0.4) is 0 Å². The molecule has 0 atom stereocenters. The molecule has 82 valence electrons. The maximum Gasteiger partial charge on any atom is 0.148 e. The minimum Gasteiger partial charge on any atom is -0.368 e. The van der Waals surface area contributed by atoms with Gasteiger partial charge in [-0.05, 0) is 24.3 Å². The number of rotatable bonds is 4. The topological polar surface area (TPSA) is 50.7 Å². The first-order chi connectivity index (χ1) is 7.90. The maximum atomic E-state index is 4.21. The Kier molecular flexibility index (Phi) is 3.71. The summed E-state index contributed by atoms with van der Waals surface area (Å²) in [5, 5.41) is 11.3. The summed E-state index contributed by atoms with van der Waals surface area (Å²) in [4.78, 5) is 4.21. The van der Waals surface area contributed by atoms with E-state index in [4.69, 9.17) is 0 Å². The van der Waals surface area contributed by atoms with Gasteiger partial charge in [0.25, 0.3) is 0 Å². The molecule has 2 heterocycles. The number of pyridine rings is 1. The van der Waals surface area contributed by atoms with Crippen molar-refractivity contribution in [2.24, 2.45) is 0 Å². The third-order valence-electron chi connectivity index (χ3n) is 2.01. The van der Waals surface area contributed by atoms with Crippen LogP contribution in [0.5, 0.6) is 0 Å². The first-order valence-electron chi connectivity index (χ1n) is 5.00. The van der Waals surface area contributed by atoms with Crippen molar-refractivity contribution in [1.82, 2.24) is 15.2 Å². The molecule has 0 amide bonds. The Morgan fingerprint density at radius 2 is 2.00 bits per heavy atom. The van der Waals surface area contributed by atoms with Crippen molar-refractivity contribution in [1.29, 1.82) is 0 Å². The highest BCUT2D eigenvalue weighted by atomic mass is 32.1. The molecule has 2 rings (SSSR count). The molecule has 0 saturated carbocycles. The molecule has 0 radical (unpaired) electrons. The van der Waals surface area contributed by atoms with Crippen molar-refractivity contribution in [2.45, 2.75) is 0 Å². The highest BCUT2D eigenvalue weighted by molar-refractivity contribution is 7.80. The van der Waals surface area contributed by atoms with Crippen molar-refractivity contribution >= 4 is 18.4 Å². The quantitative estimate of drug-likeness (QED) is 0.790. The van der Waals surface area contributed by atoms with Crippen LogP contribution in [0.25, 0.3) is 11.4 Å². The minimum atomic E-state index is 0.758. The summed E-state index contributed by atoms with van der Waals surface area (Å²) < 4.78 is 0. The third-order valence-corrected chi connectivity index (χ3v) is 2.23. The number of hydrogen-bond donors (Lipinski definition) is 2. The van der Waals surface area contributed by atoms with E-state index >= 15 is 0 Å². The van der Waals surface area contributed by atoms with Crippen molar-refractivity contribution in [3.8, 4) is 11.4 Å². The number of thiol groups is 1. The smallest absolute Gasteiger partial charge is 0.148 e. The summed E-state index contributed by atoms with van der Waals surface area (Å²) in [5.74, 6) is 1.53. The van der Waals surface area contributed by atoms with E-state index in [1.165, 1.54) is 0 Å². The largest absolute Gasteiger partial charge is 0.368 e. The molecule has 1 N–H and O–H groups in total. The van der Waals surface area contributed by atoms with E-state index in [-0.39, 0.29) is 0 Å². The van der Waals surface area contributed by atoms with Crippen LogP contribution < -0.4 is 5.32 Å². The van der Waals surface area contributed by atoms with Crippen LogP contribution in [-0.2, 0) is 0 Å². The van der Waals surface area contributed by atoms with Crippen molar-refractivity contribution < 1.29 is 0 Å². The lowest BCUT2D eigenvalue weighted by molar-refractivity contribution is 1.01. The number of nitrogens with one attached hydrogen (secondary N) is 1. The Hall–Kier alpha value is -1.62. The van der Waals surface area contributed by atoms with Crippen LogP contribution >= 0.6 is 12.6 Å². The fraction of sp³-hybridized carbons (Fsp3) is 0.182. The predicted molar refractivity (Wildman–Crippen MR) is 67.6 cm³/mol. The highest BCUT2D eigenvalue weighted by Gasteiger charge is 2.00. The van der Waals surface area contributed by atoms with E-state index in [0.717, 1.165) is 29.5 Å². The molecule has 0 saturated heterocycles. The second-order valence-electron chi connectivity index (χ2n) is 3.17. The fourth-order valence-electron chi connectivity index (χ4n) is 1.26. The number of nitrogens with zero attached hydrogens (tertiary/aromatic N) is 3. The molecule has 0 spiro atoms. The second-order valence-corrected chi connectivity index (χ2v) is 3.62. The van der Waals surface area contributed by atoms with Gasteiger partial charge < -0.3 is 5.32 Å². The summed E-state index contributed by atoms with van der Waals surface area (Å²) >= 11 is 4.11. The van der Waals surface area contributed by atoms with E-state index in [1.54, 1.807) is 6.20 Å². The fourth-order valence-corrected chi connectivity index (χ4v) is 1.37. The van der Waals surface area contributed by atoms with Gasteiger partial charge in [-0.15, -0.1) is 10.2 Å². The van der Waals surface area contributed by atoms with Gasteiger partial charge in [0.1, 0.15) is 11.5 Å². The first-order valence-corrected chi connectivity index (χ1v) is 5.63. The van der Waals surface area contributed by atoms with Gasteiger partial charge in [-0.25, -0.2) is 0 Å². The zero-order chi connectivity index (χ0) is 11.2. The molecule has 0 aliphatic carbocycles. The maximum absolute atomic E-state index is 4.21. The molecule has 0 fully saturated rings. The molecule has 16 heavy (non-hydrogen) atoms. The van der Waals surface area contributed by atoms with Crippen molar-refractivity contribution in [2.75, 3.05) is 17.6 Å². The van der Waals surface area contributed by atoms with Gasteiger partial charge in [0.05, 0.1) is 5.69 Å². The number of hydrogen-bond acceptors (Lipinski definition) is 5. The monoisotopic (exact) mass is 232 g/mol. The number of anilines is 1. The second kappa shape index (κ2) is 5.46. The van der Waals surface area contributed by atoms with Gasteiger partial charge in [0.2, 0.25) is 0 Å². The Morgan fingerprint density at radius 3 is 2.62 bits per heavy atom. The van der Waals surface area contributed by atoms with E-state index in [1.807, 2.05) is 30.3 Å². The Morgan fingerprint density at radius 1 is 1.06 bits per heavy atom. The predicted octanol–water partition coefficient (Wildman–Crippen LogP) is 1.88. The van der Waals surface area contributed by atoms with Gasteiger partial charge in [0.15, 0.2) is 0 Å². The summed E-state index contributed by atoms with van der Waals surface area (Å²) in [6.07, 6.45) is 1.74. The highest BCUT2D eigenvalue weighted by Crippen LogP contribution is 2.13. The van der Waals surface area contributed by atoms with Crippen LogP contribution in [-0.4, -0.2) is 27.5 Å². The number of aromatic nitrogens is 3. The molecule has 0 aliphatic heterocycles. The van der Waals surface area contributed by atoms with Crippen LogP contribution in [0.4, 0.5) is 5.82 Å². The van der Waals surface area contributed by atoms with Crippen LogP contribution in [0, 0.1) is 0 Å². The van der Waals surface area contributed by atoms with Crippen molar-refractivity contribution in [3.63, 3.8) is 0 Å². The van der Waals surface area contributed by atoms with Gasteiger partial charge >= 0.3 is 0 Å².